The molecule has 5 aromatic rings. The summed E-state index contributed by atoms with van der Waals surface area (Å²) in [5, 5.41) is 13.7. The molecule has 3 heterocycles. The minimum absolute atomic E-state index is 0. The fraction of sp³-hybridized carbons (Fsp3) is 0.405. The maximum absolute atomic E-state index is 11.7. The molecular weight excluding hydrogens is 842 g/mol. The summed E-state index contributed by atoms with van der Waals surface area (Å²) in [6.45, 7) is 15.0. The third-order valence-electron chi connectivity index (χ3n) is 7.86. The van der Waals surface area contributed by atoms with Crippen LogP contribution in [-0.4, -0.2) is 36.3 Å². The van der Waals surface area contributed by atoms with Gasteiger partial charge >= 0.3 is 174 Å². The number of benzene rings is 2. The first-order chi connectivity index (χ1) is 20.1. The zero-order chi connectivity index (χ0) is 30.4. The number of ketones is 1. The Kier molecular flexibility index (Phi) is 13.2. The van der Waals surface area contributed by atoms with Gasteiger partial charge in [-0.05, 0) is 25.7 Å². The molecule has 3 aromatic heterocycles. The molecule has 0 aliphatic rings. The van der Waals surface area contributed by atoms with Crippen LogP contribution in [0.3, 0.4) is 0 Å². The smallest absolute Gasteiger partial charge is 0.162 e. The Morgan fingerprint density at radius 3 is 2.21 bits per heavy atom. The molecule has 0 bridgehead atoms. The molecule has 1 N–H and O–H groups in total. The number of aliphatic hydroxyl groups is 1. The van der Waals surface area contributed by atoms with E-state index in [-0.39, 0.29) is 48.9 Å². The molecule has 0 aliphatic heterocycles. The Balaban J connectivity index is 0.000000274. The number of carbonyl (C=O) groups excluding carboxylic acids is 1. The van der Waals surface area contributed by atoms with Crippen molar-refractivity contribution in [2.45, 2.75) is 80.6 Å². The zero-order valence-corrected chi connectivity index (χ0v) is 32.0. The minimum Gasteiger partial charge on any atom is -0.512 e. The molecule has 0 amide bonds. The van der Waals surface area contributed by atoms with E-state index in [1.165, 1.54) is 44.2 Å². The summed E-state index contributed by atoms with van der Waals surface area (Å²) in [7, 11) is 0. The first-order valence-electron chi connectivity index (χ1n) is 15.2. The van der Waals surface area contributed by atoms with Crippen LogP contribution in [-0.2, 0) is 31.3 Å². The van der Waals surface area contributed by atoms with E-state index in [0.717, 1.165) is 37.8 Å². The Labute approximate surface area is 284 Å². The molecular formula is C37H44IrNO2STe-. The van der Waals surface area contributed by atoms with E-state index in [0.29, 0.717) is 0 Å². The SMILES string of the molecule is CC(C)(C)Cc1cccc2c1sc1c(-c3[c-]c4ccccc4[te]3)nccc12.CCC(CC)C(=O)/C=C(\O)C(CC)CC.[Ir]. The Bertz CT molecular complexity index is 1650. The van der Waals surface area contributed by atoms with Crippen molar-refractivity contribution in [1.29, 1.82) is 0 Å². The minimum atomic E-state index is -0.413. The topological polar surface area (TPSA) is 50.2 Å². The van der Waals surface area contributed by atoms with E-state index in [1.807, 2.05) is 45.2 Å². The van der Waals surface area contributed by atoms with Gasteiger partial charge in [0.2, 0.25) is 0 Å². The van der Waals surface area contributed by atoms with E-state index in [2.05, 4.69) is 75.4 Å². The molecule has 43 heavy (non-hydrogen) atoms. The van der Waals surface area contributed by atoms with Crippen molar-refractivity contribution in [3.63, 3.8) is 0 Å². The van der Waals surface area contributed by atoms with E-state index in [9.17, 15) is 9.90 Å². The van der Waals surface area contributed by atoms with Crippen molar-refractivity contribution in [2.75, 3.05) is 0 Å². The number of thiophene rings is 1. The standard InChI is InChI=1S/C24H20NSTe.C13H24O2.Ir/c1-24(2,3)14-16-8-6-9-17-18-11-12-25-21(23(18)26-22(16)17)20-13-15-7-4-5-10-19(15)27-20;1-5-10(6-2)12(14)9-13(15)11(7-3)8-4;/h4-12H,14H2,1-3H3;9-11,14H,5-8H2,1-4H3;/q-1;;/b;12-9-;. The van der Waals surface area contributed by atoms with Crippen molar-refractivity contribution >= 4 is 66.5 Å². The van der Waals surface area contributed by atoms with Gasteiger partial charge in [-0.25, -0.2) is 0 Å². The van der Waals surface area contributed by atoms with Crippen LogP contribution >= 0.6 is 11.3 Å². The number of nitrogens with zero attached hydrogens (tertiary/aromatic N) is 1. The van der Waals surface area contributed by atoms with Crippen molar-refractivity contribution in [2.24, 2.45) is 17.3 Å². The second-order valence-electron chi connectivity index (χ2n) is 12.2. The van der Waals surface area contributed by atoms with Gasteiger partial charge in [0.1, 0.15) is 0 Å². The van der Waals surface area contributed by atoms with Crippen LogP contribution in [0.1, 0.15) is 79.7 Å². The van der Waals surface area contributed by atoms with Crippen molar-refractivity contribution in [3.8, 4) is 9.27 Å². The van der Waals surface area contributed by atoms with Gasteiger partial charge in [-0.2, -0.15) is 0 Å². The third-order valence-corrected chi connectivity index (χ3v) is 12.2. The van der Waals surface area contributed by atoms with Crippen LogP contribution in [0.4, 0.5) is 0 Å². The van der Waals surface area contributed by atoms with Gasteiger partial charge in [-0.15, -0.1) is 0 Å². The Hall–Kier alpha value is -1.80. The predicted octanol–water partition coefficient (Wildman–Crippen LogP) is 10.6. The molecule has 3 nitrogen and oxygen atoms in total. The predicted molar refractivity (Wildman–Crippen MR) is 183 cm³/mol. The monoisotopic (exact) mass is 889 g/mol. The van der Waals surface area contributed by atoms with Gasteiger partial charge in [-0.1, -0.05) is 27.7 Å². The van der Waals surface area contributed by atoms with E-state index >= 15 is 0 Å². The number of aromatic nitrogens is 1. The largest absolute Gasteiger partial charge is 0.512 e. The summed E-state index contributed by atoms with van der Waals surface area (Å²) in [5.74, 6) is 0.547. The fourth-order valence-electron chi connectivity index (χ4n) is 5.46. The molecule has 1 radical (unpaired) electrons. The number of carbonyl (C=O) groups is 1. The molecule has 0 saturated carbocycles. The van der Waals surface area contributed by atoms with Crippen LogP contribution in [0.2, 0.25) is 0 Å². The van der Waals surface area contributed by atoms with Crippen molar-refractivity contribution < 1.29 is 30.0 Å². The van der Waals surface area contributed by atoms with Gasteiger partial charge < -0.3 is 5.11 Å². The van der Waals surface area contributed by atoms with Crippen LogP contribution in [0, 0.1) is 23.3 Å². The Morgan fingerprint density at radius 1 is 0.930 bits per heavy atom. The number of pyridine rings is 1. The normalized spacial score (nSPS) is 12.2. The molecule has 0 unspecified atom stereocenters. The average Bonchev–Trinajstić information content (AvgIpc) is 3.56. The average molecular weight is 887 g/mol. The van der Waals surface area contributed by atoms with Crippen LogP contribution in [0.15, 0.2) is 66.6 Å². The molecule has 2 aromatic carbocycles. The van der Waals surface area contributed by atoms with Gasteiger partial charge in [0.05, 0.1) is 5.76 Å². The van der Waals surface area contributed by atoms with Gasteiger partial charge in [0.15, 0.2) is 5.78 Å². The quantitative estimate of drug-likeness (QED) is 0.0694. The van der Waals surface area contributed by atoms with E-state index < -0.39 is 20.4 Å². The molecule has 6 heteroatoms. The van der Waals surface area contributed by atoms with Gasteiger partial charge in [-0.3, -0.25) is 4.79 Å². The molecule has 0 aliphatic carbocycles. The third kappa shape index (κ3) is 8.68. The van der Waals surface area contributed by atoms with Crippen LogP contribution in [0.5, 0.6) is 0 Å². The van der Waals surface area contributed by atoms with E-state index in [1.54, 1.807) is 0 Å². The summed E-state index contributed by atoms with van der Waals surface area (Å²) in [4.78, 5) is 16.5. The second kappa shape index (κ2) is 16.0. The summed E-state index contributed by atoms with van der Waals surface area (Å²) in [6, 6.07) is 21.3. The summed E-state index contributed by atoms with van der Waals surface area (Å²) < 4.78 is 5.57. The number of fused-ring (bicyclic) bond motifs is 4. The van der Waals surface area contributed by atoms with Crippen molar-refractivity contribution in [1.82, 2.24) is 4.98 Å². The number of allylic oxidation sites excluding steroid dienone is 2. The number of aliphatic hydroxyl groups excluding tert-OH is 1. The summed E-state index contributed by atoms with van der Waals surface area (Å²) in [5.41, 5.74) is 2.90. The van der Waals surface area contributed by atoms with Crippen LogP contribution < -0.4 is 0 Å². The molecule has 0 fully saturated rings. The molecule has 0 saturated heterocycles. The second-order valence-corrected chi connectivity index (χ2v) is 16.2. The number of hydrogen-bond donors (Lipinski definition) is 1. The number of hydrogen-bond acceptors (Lipinski definition) is 4. The van der Waals surface area contributed by atoms with Gasteiger partial charge in [0.25, 0.3) is 0 Å². The maximum atomic E-state index is 11.7. The zero-order valence-electron chi connectivity index (χ0n) is 26.4. The number of rotatable bonds is 9. The summed E-state index contributed by atoms with van der Waals surface area (Å²) in [6.07, 6.45) is 7.97. The molecule has 231 valence electrons. The first kappa shape index (κ1) is 35.7. The van der Waals surface area contributed by atoms with Crippen LogP contribution in [0.25, 0.3) is 38.2 Å². The molecule has 5 rings (SSSR count). The Morgan fingerprint density at radius 2 is 1.58 bits per heavy atom. The summed E-state index contributed by atoms with van der Waals surface area (Å²) >= 11 is 1.51. The van der Waals surface area contributed by atoms with E-state index in [4.69, 9.17) is 4.98 Å². The fourth-order valence-corrected chi connectivity index (χ4v) is 9.84. The van der Waals surface area contributed by atoms with Crippen molar-refractivity contribution in [3.05, 3.63) is 78.2 Å². The molecule has 0 atom stereocenters. The maximum Gasteiger partial charge on any atom is 0.162 e. The van der Waals surface area contributed by atoms with Gasteiger partial charge in [0, 0.05) is 38.0 Å². The molecule has 0 spiro atoms. The first-order valence-corrected chi connectivity index (χ1v) is 18.4.